The van der Waals surface area contributed by atoms with Gasteiger partial charge < -0.3 is 15.2 Å². The van der Waals surface area contributed by atoms with Crippen molar-refractivity contribution in [3.8, 4) is 0 Å². The monoisotopic (exact) mass is 300 g/mol. The van der Waals surface area contributed by atoms with Crippen LogP contribution < -0.4 is 10.6 Å². The van der Waals surface area contributed by atoms with Crippen molar-refractivity contribution in [2.24, 2.45) is 0 Å². The molecule has 6 nitrogen and oxygen atoms in total. The molecule has 2 rings (SSSR count). The number of nitrogens with zero attached hydrogens (tertiary/aromatic N) is 2. The van der Waals surface area contributed by atoms with Crippen LogP contribution in [-0.4, -0.2) is 28.4 Å². The highest BCUT2D eigenvalue weighted by Gasteiger charge is 2.09. The molecule has 0 atom stereocenters. The predicted octanol–water partition coefficient (Wildman–Crippen LogP) is 1.51. The Bertz CT molecular complexity index is 664. The highest BCUT2D eigenvalue weighted by molar-refractivity contribution is 5.91. The zero-order valence-electron chi connectivity index (χ0n) is 12.8. The van der Waals surface area contributed by atoms with Gasteiger partial charge in [-0.25, -0.2) is 4.98 Å². The molecule has 0 saturated heterocycles. The first-order chi connectivity index (χ1) is 10.6. The molecule has 2 amide bonds. The number of rotatable bonds is 6. The summed E-state index contributed by atoms with van der Waals surface area (Å²) in [5, 5.41) is 5.49. The Balaban J connectivity index is 2.01. The Morgan fingerprint density at radius 3 is 2.68 bits per heavy atom. The van der Waals surface area contributed by atoms with Crippen LogP contribution in [0.5, 0.6) is 0 Å². The molecular weight excluding hydrogens is 280 g/mol. The van der Waals surface area contributed by atoms with E-state index >= 15 is 0 Å². The van der Waals surface area contributed by atoms with E-state index in [1.165, 1.54) is 0 Å². The Kier molecular flexibility index (Phi) is 5.30. The lowest BCUT2D eigenvalue weighted by Gasteiger charge is -2.11. The van der Waals surface area contributed by atoms with E-state index in [-0.39, 0.29) is 18.4 Å². The van der Waals surface area contributed by atoms with E-state index in [1.54, 1.807) is 24.0 Å². The maximum atomic E-state index is 12.1. The van der Waals surface area contributed by atoms with E-state index in [0.29, 0.717) is 12.8 Å². The molecule has 1 aromatic heterocycles. The van der Waals surface area contributed by atoms with Crippen molar-refractivity contribution in [2.45, 2.75) is 26.3 Å². The van der Waals surface area contributed by atoms with E-state index in [9.17, 15) is 9.59 Å². The van der Waals surface area contributed by atoms with E-state index in [2.05, 4.69) is 15.6 Å². The lowest BCUT2D eigenvalue weighted by atomic mass is 10.1. The van der Waals surface area contributed by atoms with Crippen LogP contribution in [0.4, 0.5) is 5.69 Å². The Morgan fingerprint density at radius 2 is 2.00 bits per heavy atom. The molecule has 6 heteroatoms. The second kappa shape index (κ2) is 7.40. The Labute approximate surface area is 129 Å². The van der Waals surface area contributed by atoms with Crippen molar-refractivity contribution < 1.29 is 9.59 Å². The zero-order valence-corrected chi connectivity index (χ0v) is 12.8. The molecule has 2 N–H and O–H groups in total. The molecule has 116 valence electrons. The molecule has 0 bridgehead atoms. The van der Waals surface area contributed by atoms with Gasteiger partial charge in [0.25, 0.3) is 0 Å². The van der Waals surface area contributed by atoms with Gasteiger partial charge in [0.1, 0.15) is 12.4 Å². The summed E-state index contributed by atoms with van der Waals surface area (Å²) in [5.41, 5.74) is 1.69. The van der Waals surface area contributed by atoms with Crippen molar-refractivity contribution in [3.63, 3.8) is 0 Å². The summed E-state index contributed by atoms with van der Waals surface area (Å²) >= 11 is 0. The van der Waals surface area contributed by atoms with Crippen LogP contribution in [0.1, 0.15) is 17.8 Å². The summed E-state index contributed by atoms with van der Waals surface area (Å²) in [4.78, 5) is 27.6. The number of carbonyl (C=O) groups is 2. The SMILES string of the molecule is CNC(=O)CCc1ccccc1NC(=O)Cn1ccnc1C. The molecule has 0 fully saturated rings. The molecule has 0 spiro atoms. The van der Waals surface area contributed by atoms with Crippen LogP contribution in [-0.2, 0) is 22.6 Å². The molecule has 0 aliphatic heterocycles. The fourth-order valence-corrected chi connectivity index (χ4v) is 2.15. The summed E-state index contributed by atoms with van der Waals surface area (Å²) in [5.74, 6) is 0.659. The summed E-state index contributed by atoms with van der Waals surface area (Å²) in [6, 6.07) is 7.52. The molecule has 1 aromatic carbocycles. The highest BCUT2D eigenvalue weighted by Crippen LogP contribution is 2.17. The van der Waals surface area contributed by atoms with Gasteiger partial charge in [0, 0.05) is 31.5 Å². The third kappa shape index (κ3) is 4.18. The van der Waals surface area contributed by atoms with Crippen molar-refractivity contribution >= 4 is 17.5 Å². The number of aromatic nitrogens is 2. The fourth-order valence-electron chi connectivity index (χ4n) is 2.15. The molecule has 0 unspecified atom stereocenters. The second-order valence-electron chi connectivity index (χ2n) is 4.98. The third-order valence-corrected chi connectivity index (χ3v) is 3.43. The number of benzene rings is 1. The van der Waals surface area contributed by atoms with Crippen molar-refractivity contribution in [1.82, 2.24) is 14.9 Å². The van der Waals surface area contributed by atoms with Crippen LogP contribution in [0.3, 0.4) is 0 Å². The van der Waals surface area contributed by atoms with Crippen LogP contribution in [0, 0.1) is 6.92 Å². The number of aryl methyl sites for hydroxylation is 2. The number of para-hydroxylation sites is 1. The molecule has 2 aromatic rings. The van der Waals surface area contributed by atoms with Gasteiger partial charge in [-0.05, 0) is 25.0 Å². The molecular formula is C16H20N4O2. The number of hydrogen-bond donors (Lipinski definition) is 2. The van der Waals surface area contributed by atoms with E-state index in [1.807, 2.05) is 31.2 Å². The second-order valence-corrected chi connectivity index (χ2v) is 4.98. The lowest BCUT2D eigenvalue weighted by Crippen LogP contribution is -2.21. The minimum absolute atomic E-state index is 0.0184. The molecule has 0 radical (unpaired) electrons. The van der Waals surface area contributed by atoms with Gasteiger partial charge in [0.2, 0.25) is 11.8 Å². The molecule has 0 aliphatic rings. The first-order valence-corrected chi connectivity index (χ1v) is 7.16. The first kappa shape index (κ1) is 15.8. The third-order valence-electron chi connectivity index (χ3n) is 3.43. The van der Waals surface area contributed by atoms with Gasteiger partial charge >= 0.3 is 0 Å². The summed E-state index contributed by atoms with van der Waals surface area (Å²) in [6.45, 7) is 2.07. The molecule has 0 saturated carbocycles. The Morgan fingerprint density at radius 1 is 1.23 bits per heavy atom. The van der Waals surface area contributed by atoms with Crippen LogP contribution in [0.2, 0.25) is 0 Å². The zero-order chi connectivity index (χ0) is 15.9. The van der Waals surface area contributed by atoms with E-state index < -0.39 is 0 Å². The smallest absolute Gasteiger partial charge is 0.244 e. The largest absolute Gasteiger partial charge is 0.359 e. The fraction of sp³-hybridized carbons (Fsp3) is 0.312. The summed E-state index contributed by atoms with van der Waals surface area (Å²) in [7, 11) is 1.61. The van der Waals surface area contributed by atoms with Gasteiger partial charge in [-0.15, -0.1) is 0 Å². The van der Waals surface area contributed by atoms with Gasteiger partial charge in [0.15, 0.2) is 0 Å². The standard InChI is InChI=1S/C16H20N4O2/c1-12-18-9-10-20(12)11-16(22)19-14-6-4-3-5-13(14)7-8-15(21)17-2/h3-6,9-10H,7-8,11H2,1-2H3,(H,17,21)(H,19,22). The first-order valence-electron chi connectivity index (χ1n) is 7.16. The van der Waals surface area contributed by atoms with Gasteiger partial charge in [0.05, 0.1) is 0 Å². The highest BCUT2D eigenvalue weighted by atomic mass is 16.2. The van der Waals surface area contributed by atoms with Crippen molar-refractivity contribution in [1.29, 1.82) is 0 Å². The van der Waals surface area contributed by atoms with Crippen LogP contribution in [0.25, 0.3) is 0 Å². The topological polar surface area (TPSA) is 76.0 Å². The Hall–Kier alpha value is -2.63. The number of amides is 2. The quantitative estimate of drug-likeness (QED) is 0.849. The number of anilines is 1. The molecule has 1 heterocycles. The predicted molar refractivity (Wildman–Crippen MR) is 84.4 cm³/mol. The maximum absolute atomic E-state index is 12.1. The van der Waals surface area contributed by atoms with Crippen molar-refractivity contribution in [3.05, 3.63) is 48.0 Å². The van der Waals surface area contributed by atoms with Crippen LogP contribution in [0.15, 0.2) is 36.7 Å². The van der Waals surface area contributed by atoms with Gasteiger partial charge in [-0.1, -0.05) is 18.2 Å². The number of carbonyl (C=O) groups excluding carboxylic acids is 2. The normalized spacial score (nSPS) is 10.3. The minimum atomic E-state index is -0.117. The average molecular weight is 300 g/mol. The number of hydrogen-bond acceptors (Lipinski definition) is 3. The number of nitrogens with one attached hydrogen (secondary N) is 2. The minimum Gasteiger partial charge on any atom is -0.359 e. The van der Waals surface area contributed by atoms with Gasteiger partial charge in [-0.3, -0.25) is 9.59 Å². The van der Waals surface area contributed by atoms with Crippen molar-refractivity contribution in [2.75, 3.05) is 12.4 Å². The van der Waals surface area contributed by atoms with Crippen LogP contribution >= 0.6 is 0 Å². The maximum Gasteiger partial charge on any atom is 0.244 e. The average Bonchev–Trinajstić information content (AvgIpc) is 2.91. The van der Waals surface area contributed by atoms with E-state index in [0.717, 1.165) is 17.1 Å². The van der Waals surface area contributed by atoms with E-state index in [4.69, 9.17) is 0 Å². The summed E-state index contributed by atoms with van der Waals surface area (Å²) < 4.78 is 1.78. The lowest BCUT2D eigenvalue weighted by molar-refractivity contribution is -0.120. The number of imidazole rings is 1. The van der Waals surface area contributed by atoms with Gasteiger partial charge in [-0.2, -0.15) is 0 Å². The molecule has 22 heavy (non-hydrogen) atoms. The summed E-state index contributed by atoms with van der Waals surface area (Å²) in [6.07, 6.45) is 4.41. The molecule has 0 aliphatic carbocycles.